The summed E-state index contributed by atoms with van der Waals surface area (Å²) in [6, 6.07) is 1.78. The summed E-state index contributed by atoms with van der Waals surface area (Å²) in [5.41, 5.74) is 0. The van der Waals surface area contributed by atoms with Crippen LogP contribution in [0.1, 0.15) is 19.8 Å². The zero-order valence-electron chi connectivity index (χ0n) is 11.8. The Morgan fingerprint density at radius 2 is 2.48 bits per heavy atom. The minimum Gasteiger partial charge on any atom is -0.392 e. The van der Waals surface area contributed by atoms with Crippen molar-refractivity contribution in [3.8, 4) is 0 Å². The number of amides is 1. The molecule has 0 aromatic carbocycles. The standard InChI is InChI=1S/C14H18N4O2S/c1-9(19)7-15-13(20)11-3-2-5-18(11)12-10-4-6-21-14(10)17-8-16-12/h4,6,8-9,11,19H,2-3,5,7H2,1H3,(H,15,20). The van der Waals surface area contributed by atoms with Gasteiger partial charge in [0, 0.05) is 13.1 Å². The molecule has 0 radical (unpaired) electrons. The molecule has 0 spiro atoms. The molecule has 2 aromatic rings. The van der Waals surface area contributed by atoms with Crippen LogP contribution in [0.5, 0.6) is 0 Å². The van der Waals surface area contributed by atoms with Crippen LogP contribution in [-0.4, -0.2) is 46.2 Å². The van der Waals surface area contributed by atoms with Crippen molar-refractivity contribution in [1.29, 1.82) is 0 Å². The summed E-state index contributed by atoms with van der Waals surface area (Å²) in [6.45, 7) is 2.75. The van der Waals surface area contributed by atoms with Gasteiger partial charge in [-0.2, -0.15) is 0 Å². The Labute approximate surface area is 126 Å². The van der Waals surface area contributed by atoms with Crippen molar-refractivity contribution in [2.24, 2.45) is 0 Å². The van der Waals surface area contributed by atoms with Gasteiger partial charge >= 0.3 is 0 Å². The van der Waals surface area contributed by atoms with Crippen LogP contribution in [-0.2, 0) is 4.79 Å². The molecule has 1 fully saturated rings. The summed E-state index contributed by atoms with van der Waals surface area (Å²) in [5.74, 6) is 0.784. The van der Waals surface area contributed by atoms with Crippen molar-refractivity contribution < 1.29 is 9.90 Å². The monoisotopic (exact) mass is 306 g/mol. The Hall–Kier alpha value is -1.73. The predicted octanol–water partition coefficient (Wildman–Crippen LogP) is 1.16. The second-order valence-electron chi connectivity index (χ2n) is 5.28. The Bertz CT molecular complexity index is 643. The molecule has 1 amide bonds. The summed E-state index contributed by atoms with van der Waals surface area (Å²) in [6.07, 6.45) is 2.78. The molecule has 2 aromatic heterocycles. The van der Waals surface area contributed by atoms with E-state index in [1.807, 2.05) is 16.3 Å². The third-order valence-corrected chi connectivity index (χ3v) is 4.46. The third kappa shape index (κ3) is 2.84. The Balaban J connectivity index is 1.83. The van der Waals surface area contributed by atoms with E-state index in [4.69, 9.17) is 0 Å². The number of nitrogens with zero attached hydrogens (tertiary/aromatic N) is 3. The first-order chi connectivity index (χ1) is 10.2. The molecule has 0 bridgehead atoms. The normalized spacial score (nSPS) is 19.9. The number of hydrogen-bond donors (Lipinski definition) is 2. The zero-order valence-corrected chi connectivity index (χ0v) is 12.6. The molecule has 3 rings (SSSR count). The van der Waals surface area contributed by atoms with E-state index in [-0.39, 0.29) is 18.5 Å². The number of carbonyl (C=O) groups excluding carboxylic acids is 1. The zero-order chi connectivity index (χ0) is 14.8. The van der Waals surface area contributed by atoms with Crippen molar-refractivity contribution in [2.45, 2.75) is 31.9 Å². The van der Waals surface area contributed by atoms with Gasteiger partial charge in [-0.1, -0.05) is 0 Å². The maximum absolute atomic E-state index is 12.3. The van der Waals surface area contributed by atoms with Crippen LogP contribution in [0.2, 0.25) is 0 Å². The molecule has 6 nitrogen and oxygen atoms in total. The summed E-state index contributed by atoms with van der Waals surface area (Å²) in [7, 11) is 0. The van der Waals surface area contributed by atoms with Crippen molar-refractivity contribution in [2.75, 3.05) is 18.0 Å². The Morgan fingerprint density at radius 1 is 1.62 bits per heavy atom. The molecule has 1 aliphatic rings. The van der Waals surface area contributed by atoms with Gasteiger partial charge in [0.05, 0.1) is 11.5 Å². The first kappa shape index (κ1) is 14.2. The molecule has 21 heavy (non-hydrogen) atoms. The summed E-state index contributed by atoms with van der Waals surface area (Å²) >= 11 is 1.57. The largest absolute Gasteiger partial charge is 0.392 e. The molecule has 2 unspecified atom stereocenters. The Morgan fingerprint density at radius 3 is 3.29 bits per heavy atom. The van der Waals surface area contributed by atoms with Crippen LogP contribution >= 0.6 is 11.3 Å². The number of hydrogen-bond acceptors (Lipinski definition) is 6. The first-order valence-corrected chi connectivity index (χ1v) is 7.95. The smallest absolute Gasteiger partial charge is 0.242 e. The van der Waals surface area contributed by atoms with Gasteiger partial charge in [-0.05, 0) is 31.2 Å². The van der Waals surface area contributed by atoms with E-state index in [9.17, 15) is 9.90 Å². The molecular weight excluding hydrogens is 288 g/mol. The van der Waals surface area contributed by atoms with Crippen LogP contribution in [0.3, 0.4) is 0 Å². The number of nitrogens with one attached hydrogen (secondary N) is 1. The minimum atomic E-state index is -0.536. The third-order valence-electron chi connectivity index (χ3n) is 3.64. The summed E-state index contributed by atoms with van der Waals surface area (Å²) in [4.78, 5) is 23.9. The van der Waals surface area contributed by atoms with E-state index in [0.717, 1.165) is 35.4 Å². The van der Waals surface area contributed by atoms with Gasteiger partial charge in [0.25, 0.3) is 0 Å². The summed E-state index contributed by atoms with van der Waals surface area (Å²) in [5, 5.41) is 15.1. The topological polar surface area (TPSA) is 78.4 Å². The number of thiophene rings is 1. The van der Waals surface area contributed by atoms with Gasteiger partial charge in [-0.25, -0.2) is 9.97 Å². The summed E-state index contributed by atoms with van der Waals surface area (Å²) < 4.78 is 0. The van der Waals surface area contributed by atoms with E-state index in [1.165, 1.54) is 0 Å². The fourth-order valence-corrected chi connectivity index (χ4v) is 3.39. The number of aliphatic hydroxyl groups excluding tert-OH is 1. The highest BCUT2D eigenvalue weighted by Gasteiger charge is 2.32. The van der Waals surface area contributed by atoms with Gasteiger partial charge in [0.15, 0.2) is 0 Å². The minimum absolute atomic E-state index is 0.0459. The van der Waals surface area contributed by atoms with Crippen LogP contribution in [0.15, 0.2) is 17.8 Å². The highest BCUT2D eigenvalue weighted by atomic mass is 32.1. The second kappa shape index (κ2) is 5.95. The maximum Gasteiger partial charge on any atom is 0.242 e. The quantitative estimate of drug-likeness (QED) is 0.886. The van der Waals surface area contributed by atoms with E-state index < -0.39 is 6.10 Å². The van der Waals surface area contributed by atoms with Crippen molar-refractivity contribution in [3.05, 3.63) is 17.8 Å². The number of carbonyl (C=O) groups is 1. The molecule has 1 saturated heterocycles. The van der Waals surface area contributed by atoms with Crippen molar-refractivity contribution in [3.63, 3.8) is 0 Å². The van der Waals surface area contributed by atoms with E-state index >= 15 is 0 Å². The van der Waals surface area contributed by atoms with Crippen LogP contribution < -0.4 is 10.2 Å². The fraction of sp³-hybridized carbons (Fsp3) is 0.500. The lowest BCUT2D eigenvalue weighted by molar-refractivity contribution is -0.122. The van der Waals surface area contributed by atoms with Gasteiger partial charge in [0.1, 0.15) is 23.0 Å². The molecule has 7 heteroatoms. The van der Waals surface area contributed by atoms with Gasteiger partial charge < -0.3 is 15.3 Å². The molecule has 0 aliphatic carbocycles. The fourth-order valence-electron chi connectivity index (χ4n) is 2.66. The number of fused-ring (bicyclic) bond motifs is 1. The van der Waals surface area contributed by atoms with Gasteiger partial charge in [-0.15, -0.1) is 11.3 Å². The highest BCUT2D eigenvalue weighted by Crippen LogP contribution is 2.31. The lowest BCUT2D eigenvalue weighted by Crippen LogP contribution is -2.45. The second-order valence-corrected chi connectivity index (χ2v) is 6.18. The molecule has 2 atom stereocenters. The molecule has 0 saturated carbocycles. The predicted molar refractivity (Wildman–Crippen MR) is 82.5 cm³/mol. The average molecular weight is 306 g/mol. The molecule has 112 valence electrons. The van der Waals surface area contributed by atoms with Gasteiger partial charge in [0.2, 0.25) is 5.91 Å². The van der Waals surface area contributed by atoms with Gasteiger partial charge in [-0.3, -0.25) is 4.79 Å². The number of anilines is 1. The number of aromatic nitrogens is 2. The lowest BCUT2D eigenvalue weighted by atomic mass is 10.2. The molecule has 2 N–H and O–H groups in total. The molecular formula is C14H18N4O2S. The number of rotatable bonds is 4. The SMILES string of the molecule is CC(O)CNC(=O)C1CCCN1c1ncnc2sccc12. The molecule has 1 aliphatic heterocycles. The van der Waals surface area contributed by atoms with Crippen LogP contribution in [0, 0.1) is 0 Å². The number of aliphatic hydroxyl groups is 1. The molecule has 3 heterocycles. The van der Waals surface area contributed by atoms with E-state index in [1.54, 1.807) is 24.6 Å². The van der Waals surface area contributed by atoms with E-state index in [0.29, 0.717) is 0 Å². The van der Waals surface area contributed by atoms with Crippen LogP contribution in [0.4, 0.5) is 5.82 Å². The van der Waals surface area contributed by atoms with Crippen molar-refractivity contribution >= 4 is 33.3 Å². The van der Waals surface area contributed by atoms with E-state index in [2.05, 4.69) is 15.3 Å². The van der Waals surface area contributed by atoms with Crippen molar-refractivity contribution in [1.82, 2.24) is 15.3 Å². The average Bonchev–Trinajstić information content (AvgIpc) is 3.12. The highest BCUT2D eigenvalue weighted by molar-refractivity contribution is 7.16. The Kier molecular flexibility index (Phi) is 4.03. The maximum atomic E-state index is 12.3. The lowest BCUT2D eigenvalue weighted by Gasteiger charge is -2.25. The van der Waals surface area contributed by atoms with Crippen LogP contribution in [0.25, 0.3) is 10.2 Å². The first-order valence-electron chi connectivity index (χ1n) is 7.07.